The van der Waals surface area contributed by atoms with Crippen LogP contribution in [0.1, 0.15) is 27.3 Å². The Labute approximate surface area is 154 Å². The summed E-state index contributed by atoms with van der Waals surface area (Å²) in [5.41, 5.74) is 4.90. The molecule has 3 aromatic rings. The summed E-state index contributed by atoms with van der Waals surface area (Å²) < 4.78 is 7.46. The number of para-hydroxylation sites is 2. The molecule has 0 aliphatic carbocycles. The summed E-state index contributed by atoms with van der Waals surface area (Å²) >= 11 is 0. The molecule has 0 radical (unpaired) electrons. The van der Waals surface area contributed by atoms with Gasteiger partial charge in [-0.05, 0) is 38.1 Å². The van der Waals surface area contributed by atoms with Crippen molar-refractivity contribution in [3.8, 4) is 11.4 Å². The number of carbonyl (C=O) groups is 1. The van der Waals surface area contributed by atoms with Crippen molar-refractivity contribution in [2.24, 2.45) is 0 Å². The van der Waals surface area contributed by atoms with Crippen molar-refractivity contribution < 1.29 is 9.53 Å². The third kappa shape index (κ3) is 3.70. The summed E-state index contributed by atoms with van der Waals surface area (Å²) in [5.74, 6) is 0.921. The van der Waals surface area contributed by atoms with Gasteiger partial charge in [0.15, 0.2) is 5.78 Å². The van der Waals surface area contributed by atoms with E-state index in [9.17, 15) is 4.79 Å². The molecule has 4 heteroatoms. The van der Waals surface area contributed by atoms with Crippen LogP contribution in [0.15, 0.2) is 60.7 Å². The molecule has 0 unspecified atom stereocenters. The van der Waals surface area contributed by atoms with E-state index >= 15 is 0 Å². The molecule has 1 N–H and O–H groups in total. The molecule has 1 heterocycles. The molecular formula is C22H24N2O2. The SMILES string of the molecule is COc1ccccc1CNCC(=O)c1cc(C)n(-c2ccccc2)c1C. The Morgan fingerprint density at radius 1 is 1.04 bits per heavy atom. The number of methoxy groups -OCH3 is 1. The fourth-order valence-corrected chi connectivity index (χ4v) is 3.27. The molecule has 4 nitrogen and oxygen atoms in total. The van der Waals surface area contributed by atoms with Crippen LogP contribution in [0.4, 0.5) is 0 Å². The zero-order chi connectivity index (χ0) is 18.5. The Balaban J connectivity index is 1.71. The van der Waals surface area contributed by atoms with Gasteiger partial charge in [-0.3, -0.25) is 4.79 Å². The van der Waals surface area contributed by atoms with Crippen molar-refractivity contribution in [1.82, 2.24) is 9.88 Å². The topological polar surface area (TPSA) is 43.3 Å². The molecule has 1 aromatic heterocycles. The first-order chi connectivity index (χ1) is 12.6. The Morgan fingerprint density at radius 2 is 1.73 bits per heavy atom. The van der Waals surface area contributed by atoms with Crippen molar-refractivity contribution in [2.75, 3.05) is 13.7 Å². The Morgan fingerprint density at radius 3 is 2.46 bits per heavy atom. The van der Waals surface area contributed by atoms with Crippen LogP contribution < -0.4 is 10.1 Å². The molecule has 0 spiro atoms. The molecule has 0 atom stereocenters. The zero-order valence-electron chi connectivity index (χ0n) is 15.5. The van der Waals surface area contributed by atoms with Gasteiger partial charge in [-0.25, -0.2) is 0 Å². The number of Topliss-reactive ketones (excluding diaryl/α,β-unsaturated/α-hetero) is 1. The lowest BCUT2D eigenvalue weighted by Gasteiger charge is -2.10. The molecule has 0 saturated heterocycles. The third-order valence-electron chi connectivity index (χ3n) is 4.54. The standard InChI is InChI=1S/C22H24N2O2/c1-16-13-20(17(2)24(16)19-10-5-4-6-11-19)21(25)15-23-14-18-9-7-8-12-22(18)26-3/h4-13,23H,14-15H2,1-3H3. The summed E-state index contributed by atoms with van der Waals surface area (Å²) in [6, 6.07) is 19.9. The van der Waals surface area contributed by atoms with Crippen LogP contribution >= 0.6 is 0 Å². The van der Waals surface area contributed by atoms with Crippen molar-refractivity contribution in [3.63, 3.8) is 0 Å². The van der Waals surface area contributed by atoms with Gasteiger partial charge in [0.1, 0.15) is 5.75 Å². The summed E-state index contributed by atoms with van der Waals surface area (Å²) in [6.07, 6.45) is 0. The largest absolute Gasteiger partial charge is 0.496 e. The molecule has 3 rings (SSSR count). The lowest BCUT2D eigenvalue weighted by molar-refractivity contribution is 0.0990. The monoisotopic (exact) mass is 348 g/mol. The first kappa shape index (κ1) is 18.0. The number of nitrogens with one attached hydrogen (secondary N) is 1. The first-order valence-corrected chi connectivity index (χ1v) is 8.72. The Bertz CT molecular complexity index is 898. The van der Waals surface area contributed by atoms with Gasteiger partial charge in [0.2, 0.25) is 0 Å². The fourth-order valence-electron chi connectivity index (χ4n) is 3.27. The van der Waals surface area contributed by atoms with Gasteiger partial charge in [0.25, 0.3) is 0 Å². The van der Waals surface area contributed by atoms with Gasteiger partial charge in [-0.15, -0.1) is 0 Å². The summed E-state index contributed by atoms with van der Waals surface area (Å²) in [5, 5.41) is 3.23. The second-order valence-electron chi connectivity index (χ2n) is 6.29. The van der Waals surface area contributed by atoms with Gasteiger partial charge >= 0.3 is 0 Å². The number of benzene rings is 2. The van der Waals surface area contributed by atoms with Gasteiger partial charge in [0, 0.05) is 34.7 Å². The second-order valence-corrected chi connectivity index (χ2v) is 6.29. The van der Waals surface area contributed by atoms with E-state index in [-0.39, 0.29) is 12.3 Å². The minimum Gasteiger partial charge on any atom is -0.496 e. The highest BCUT2D eigenvalue weighted by atomic mass is 16.5. The molecule has 0 bridgehead atoms. The highest BCUT2D eigenvalue weighted by molar-refractivity contribution is 5.99. The maximum absolute atomic E-state index is 12.7. The Kier molecular flexibility index (Phi) is 5.54. The lowest BCUT2D eigenvalue weighted by atomic mass is 10.1. The van der Waals surface area contributed by atoms with E-state index in [1.54, 1.807) is 7.11 Å². The summed E-state index contributed by atoms with van der Waals surface area (Å²) in [7, 11) is 1.66. The van der Waals surface area contributed by atoms with Crippen LogP contribution in [-0.4, -0.2) is 24.0 Å². The maximum atomic E-state index is 12.7. The number of ketones is 1. The minimum atomic E-state index is 0.0928. The van der Waals surface area contributed by atoms with Crippen LogP contribution in [0, 0.1) is 13.8 Å². The number of rotatable bonds is 7. The number of hydrogen-bond donors (Lipinski definition) is 1. The molecule has 0 aliphatic heterocycles. The predicted octanol–water partition coefficient (Wildman–Crippen LogP) is 4.08. The zero-order valence-corrected chi connectivity index (χ0v) is 15.5. The first-order valence-electron chi connectivity index (χ1n) is 8.72. The van der Waals surface area contributed by atoms with Crippen LogP contribution in [0.3, 0.4) is 0 Å². The number of carbonyl (C=O) groups excluding carboxylic acids is 1. The molecule has 134 valence electrons. The summed E-state index contributed by atoms with van der Waals surface area (Å²) in [4.78, 5) is 12.7. The normalized spacial score (nSPS) is 10.7. The summed E-state index contributed by atoms with van der Waals surface area (Å²) in [6.45, 7) is 4.90. The van der Waals surface area contributed by atoms with Crippen LogP contribution in [0.25, 0.3) is 5.69 Å². The maximum Gasteiger partial charge on any atom is 0.178 e. The van der Waals surface area contributed by atoms with E-state index in [2.05, 4.69) is 9.88 Å². The number of nitrogens with zero attached hydrogens (tertiary/aromatic N) is 1. The molecular weight excluding hydrogens is 324 g/mol. The molecule has 26 heavy (non-hydrogen) atoms. The average Bonchev–Trinajstić information content (AvgIpc) is 2.97. The second kappa shape index (κ2) is 8.02. The van der Waals surface area contributed by atoms with Crippen LogP contribution in [0.2, 0.25) is 0 Å². The van der Waals surface area contributed by atoms with E-state index in [0.29, 0.717) is 6.54 Å². The van der Waals surface area contributed by atoms with E-state index in [4.69, 9.17) is 4.74 Å². The highest BCUT2D eigenvalue weighted by Gasteiger charge is 2.16. The van der Waals surface area contributed by atoms with E-state index in [0.717, 1.165) is 34.0 Å². The van der Waals surface area contributed by atoms with Crippen LogP contribution in [-0.2, 0) is 6.54 Å². The lowest BCUT2D eigenvalue weighted by Crippen LogP contribution is -2.23. The number of aryl methyl sites for hydroxylation is 1. The third-order valence-corrected chi connectivity index (χ3v) is 4.54. The van der Waals surface area contributed by atoms with Crippen molar-refractivity contribution >= 4 is 5.78 Å². The number of hydrogen-bond acceptors (Lipinski definition) is 3. The smallest absolute Gasteiger partial charge is 0.178 e. The van der Waals surface area contributed by atoms with Gasteiger partial charge < -0.3 is 14.6 Å². The van der Waals surface area contributed by atoms with E-state index in [1.165, 1.54) is 0 Å². The molecule has 0 aliphatic rings. The van der Waals surface area contributed by atoms with Crippen LogP contribution in [0.5, 0.6) is 5.75 Å². The molecule has 0 fully saturated rings. The van der Waals surface area contributed by atoms with Crippen molar-refractivity contribution in [1.29, 1.82) is 0 Å². The van der Waals surface area contributed by atoms with E-state index < -0.39 is 0 Å². The molecule has 0 amide bonds. The quantitative estimate of drug-likeness (QED) is 0.655. The van der Waals surface area contributed by atoms with Gasteiger partial charge in [-0.1, -0.05) is 36.4 Å². The highest BCUT2D eigenvalue weighted by Crippen LogP contribution is 2.21. The number of aromatic nitrogens is 1. The van der Waals surface area contributed by atoms with E-state index in [1.807, 2.05) is 74.5 Å². The van der Waals surface area contributed by atoms with Gasteiger partial charge in [-0.2, -0.15) is 0 Å². The minimum absolute atomic E-state index is 0.0928. The van der Waals surface area contributed by atoms with Crippen molar-refractivity contribution in [3.05, 3.63) is 83.2 Å². The predicted molar refractivity (Wildman–Crippen MR) is 104 cm³/mol. The van der Waals surface area contributed by atoms with Crippen molar-refractivity contribution in [2.45, 2.75) is 20.4 Å². The average molecular weight is 348 g/mol. The van der Waals surface area contributed by atoms with Gasteiger partial charge in [0.05, 0.1) is 13.7 Å². The molecule has 0 saturated carbocycles. The molecule has 2 aromatic carbocycles. The number of ether oxygens (including phenoxy) is 1. The fraction of sp³-hybridized carbons (Fsp3) is 0.227. The Hall–Kier alpha value is -2.85.